The second-order valence-corrected chi connectivity index (χ2v) is 4.81. The summed E-state index contributed by atoms with van der Waals surface area (Å²) in [4.78, 5) is 4.41. The van der Waals surface area contributed by atoms with Gasteiger partial charge in [-0.3, -0.25) is 0 Å². The van der Waals surface area contributed by atoms with Gasteiger partial charge < -0.3 is 10.1 Å². The lowest BCUT2D eigenvalue weighted by molar-refractivity contribution is 0.265. The third kappa shape index (κ3) is 2.71. The second-order valence-electron chi connectivity index (χ2n) is 4.81. The first-order chi connectivity index (χ1) is 8.29. The van der Waals surface area contributed by atoms with Crippen molar-refractivity contribution in [3.05, 3.63) is 18.3 Å². The minimum atomic E-state index is 0.263. The molecule has 1 aliphatic carbocycles. The maximum Gasteiger partial charge on any atom is 0.169 e. The van der Waals surface area contributed by atoms with Crippen LogP contribution in [0, 0.1) is 0 Å². The lowest BCUT2D eigenvalue weighted by Gasteiger charge is -2.42. The molecule has 0 aliphatic heterocycles. The molecule has 0 radical (unpaired) electrons. The maximum atomic E-state index is 5.72. The number of nitrogens with zero attached hydrogens (tertiary/aromatic N) is 1. The van der Waals surface area contributed by atoms with Crippen LogP contribution in [0.5, 0.6) is 5.75 Å². The zero-order valence-corrected chi connectivity index (χ0v) is 10.8. The summed E-state index contributed by atoms with van der Waals surface area (Å²) < 4.78 is 5.72. The molecule has 0 aromatic carbocycles. The van der Waals surface area contributed by atoms with Gasteiger partial charge in [0.15, 0.2) is 11.6 Å². The molecule has 1 aromatic heterocycles. The fourth-order valence-electron chi connectivity index (χ4n) is 2.23. The Morgan fingerprint density at radius 1 is 1.41 bits per heavy atom. The van der Waals surface area contributed by atoms with Crippen molar-refractivity contribution in [3.8, 4) is 5.75 Å². The van der Waals surface area contributed by atoms with Gasteiger partial charge in [0, 0.05) is 11.7 Å². The highest BCUT2D eigenvalue weighted by molar-refractivity contribution is 5.51. The molecule has 1 N–H and O–H groups in total. The molecule has 0 bridgehead atoms. The monoisotopic (exact) mass is 234 g/mol. The van der Waals surface area contributed by atoms with Crippen molar-refractivity contribution >= 4 is 5.82 Å². The zero-order chi connectivity index (χ0) is 12.1. The number of hydrogen-bond donors (Lipinski definition) is 1. The number of rotatable bonds is 6. The molecule has 0 atom stereocenters. The molecule has 17 heavy (non-hydrogen) atoms. The summed E-state index contributed by atoms with van der Waals surface area (Å²) >= 11 is 0. The number of ether oxygens (including phenoxy) is 1. The topological polar surface area (TPSA) is 34.1 Å². The molecule has 94 valence electrons. The normalized spacial score (nSPS) is 17.3. The van der Waals surface area contributed by atoms with Crippen molar-refractivity contribution in [2.24, 2.45) is 0 Å². The summed E-state index contributed by atoms with van der Waals surface area (Å²) in [6.07, 6.45) is 7.80. The molecule has 3 nitrogen and oxygen atoms in total. The largest absolute Gasteiger partial charge is 0.490 e. The first-order valence-electron chi connectivity index (χ1n) is 6.65. The highest BCUT2D eigenvalue weighted by atomic mass is 16.5. The molecule has 1 heterocycles. The van der Waals surface area contributed by atoms with Crippen LogP contribution in [0.2, 0.25) is 0 Å². The molecule has 1 aliphatic rings. The molecule has 0 unspecified atom stereocenters. The number of nitrogens with one attached hydrogen (secondary N) is 1. The molecule has 0 saturated heterocycles. The maximum absolute atomic E-state index is 5.72. The van der Waals surface area contributed by atoms with Crippen LogP contribution in [-0.2, 0) is 0 Å². The Morgan fingerprint density at radius 3 is 2.82 bits per heavy atom. The highest BCUT2D eigenvalue weighted by Gasteiger charge is 2.35. The molecule has 1 aromatic rings. The first-order valence-corrected chi connectivity index (χ1v) is 6.65. The quantitative estimate of drug-likeness (QED) is 0.816. The summed E-state index contributed by atoms with van der Waals surface area (Å²) in [5.41, 5.74) is 0.263. The molecule has 1 saturated carbocycles. The minimum Gasteiger partial charge on any atom is -0.490 e. The summed E-state index contributed by atoms with van der Waals surface area (Å²) in [5.74, 6) is 1.79. The van der Waals surface area contributed by atoms with Gasteiger partial charge in [-0.05, 0) is 44.2 Å². The molecule has 2 rings (SSSR count). The molecular formula is C14H22N2O. The smallest absolute Gasteiger partial charge is 0.169 e. The Hall–Kier alpha value is -1.25. The predicted molar refractivity (Wildman–Crippen MR) is 70.5 cm³/mol. The second kappa shape index (κ2) is 5.39. The van der Waals surface area contributed by atoms with Gasteiger partial charge in [0.1, 0.15) is 0 Å². The Bertz CT molecular complexity index is 355. The Balaban J connectivity index is 2.08. The lowest BCUT2D eigenvalue weighted by atomic mass is 9.75. The van der Waals surface area contributed by atoms with Crippen LogP contribution in [0.25, 0.3) is 0 Å². The van der Waals surface area contributed by atoms with Crippen LogP contribution < -0.4 is 10.1 Å². The lowest BCUT2D eigenvalue weighted by Crippen LogP contribution is -2.44. The van der Waals surface area contributed by atoms with Gasteiger partial charge in [-0.2, -0.15) is 0 Å². The summed E-state index contributed by atoms with van der Waals surface area (Å²) in [5, 5.41) is 3.58. The average Bonchev–Trinajstić information content (AvgIpc) is 2.32. The van der Waals surface area contributed by atoms with E-state index in [1.807, 2.05) is 18.3 Å². The SMILES string of the molecule is CCCOc1cccnc1NC1(CC)CCC1. The van der Waals surface area contributed by atoms with Crippen molar-refractivity contribution in [2.75, 3.05) is 11.9 Å². The van der Waals surface area contributed by atoms with E-state index >= 15 is 0 Å². The number of anilines is 1. The van der Waals surface area contributed by atoms with E-state index in [9.17, 15) is 0 Å². The Morgan fingerprint density at radius 2 is 2.24 bits per heavy atom. The number of aromatic nitrogens is 1. The standard InChI is InChI=1S/C14H22N2O/c1-3-11-17-12-7-5-10-15-13(12)16-14(4-2)8-6-9-14/h5,7,10H,3-4,6,8-9,11H2,1-2H3,(H,15,16). The van der Waals surface area contributed by atoms with Gasteiger partial charge in [0.25, 0.3) is 0 Å². The van der Waals surface area contributed by atoms with E-state index in [0.717, 1.165) is 31.0 Å². The van der Waals surface area contributed by atoms with Crippen molar-refractivity contribution in [1.29, 1.82) is 0 Å². The van der Waals surface area contributed by atoms with Gasteiger partial charge in [0.2, 0.25) is 0 Å². The van der Waals surface area contributed by atoms with Gasteiger partial charge in [-0.25, -0.2) is 4.98 Å². The molecule has 1 fully saturated rings. The molecule has 0 amide bonds. The van der Waals surface area contributed by atoms with Gasteiger partial charge >= 0.3 is 0 Å². The van der Waals surface area contributed by atoms with Crippen molar-refractivity contribution in [2.45, 2.75) is 51.5 Å². The van der Waals surface area contributed by atoms with Crippen LogP contribution in [0.1, 0.15) is 46.0 Å². The van der Waals surface area contributed by atoms with E-state index in [-0.39, 0.29) is 5.54 Å². The van der Waals surface area contributed by atoms with E-state index < -0.39 is 0 Å². The van der Waals surface area contributed by atoms with Gasteiger partial charge in [-0.15, -0.1) is 0 Å². The predicted octanol–water partition coefficient (Wildman–Crippen LogP) is 3.62. The Kier molecular flexibility index (Phi) is 3.87. The van der Waals surface area contributed by atoms with Crippen molar-refractivity contribution in [1.82, 2.24) is 4.98 Å². The third-order valence-electron chi connectivity index (χ3n) is 3.60. The van der Waals surface area contributed by atoms with E-state index in [4.69, 9.17) is 4.74 Å². The summed E-state index contributed by atoms with van der Waals surface area (Å²) in [6, 6.07) is 3.92. The zero-order valence-electron chi connectivity index (χ0n) is 10.8. The fraction of sp³-hybridized carbons (Fsp3) is 0.643. The minimum absolute atomic E-state index is 0.263. The first kappa shape index (κ1) is 12.2. The van der Waals surface area contributed by atoms with Gasteiger partial charge in [-0.1, -0.05) is 13.8 Å². The molecule has 3 heteroatoms. The molecular weight excluding hydrogens is 212 g/mol. The molecule has 0 spiro atoms. The van der Waals surface area contributed by atoms with Crippen LogP contribution in [0.4, 0.5) is 5.82 Å². The fourth-order valence-corrected chi connectivity index (χ4v) is 2.23. The average molecular weight is 234 g/mol. The van der Waals surface area contributed by atoms with Crippen molar-refractivity contribution in [3.63, 3.8) is 0 Å². The summed E-state index contributed by atoms with van der Waals surface area (Å²) in [6.45, 7) is 5.10. The number of pyridine rings is 1. The van der Waals surface area contributed by atoms with E-state index in [0.29, 0.717) is 0 Å². The van der Waals surface area contributed by atoms with Crippen molar-refractivity contribution < 1.29 is 4.74 Å². The van der Waals surface area contributed by atoms with Crippen LogP contribution in [0.3, 0.4) is 0 Å². The van der Waals surface area contributed by atoms with E-state index in [1.54, 1.807) is 0 Å². The highest BCUT2D eigenvalue weighted by Crippen LogP contribution is 2.39. The van der Waals surface area contributed by atoms with Crippen LogP contribution >= 0.6 is 0 Å². The van der Waals surface area contributed by atoms with E-state index in [1.165, 1.54) is 19.3 Å². The van der Waals surface area contributed by atoms with Gasteiger partial charge in [0.05, 0.1) is 6.61 Å². The van der Waals surface area contributed by atoms with Crippen LogP contribution in [-0.4, -0.2) is 17.1 Å². The third-order valence-corrected chi connectivity index (χ3v) is 3.60. The Labute approximate surface area is 104 Å². The summed E-state index contributed by atoms with van der Waals surface area (Å²) in [7, 11) is 0. The van der Waals surface area contributed by atoms with E-state index in [2.05, 4.69) is 24.1 Å². The van der Waals surface area contributed by atoms with Crippen LogP contribution in [0.15, 0.2) is 18.3 Å². The number of hydrogen-bond acceptors (Lipinski definition) is 3.